The summed E-state index contributed by atoms with van der Waals surface area (Å²) in [5.74, 6) is 0.639. The molecule has 1 aromatic rings. The van der Waals surface area contributed by atoms with Crippen LogP contribution in [0.5, 0.6) is 0 Å². The number of ether oxygens (including phenoxy) is 2. The van der Waals surface area contributed by atoms with Crippen LogP contribution in [0.4, 0.5) is 0 Å². The molecule has 1 aromatic heterocycles. The maximum absolute atomic E-state index is 12.0. The van der Waals surface area contributed by atoms with Gasteiger partial charge in [0.1, 0.15) is 0 Å². The molecule has 0 aliphatic carbocycles. The lowest BCUT2D eigenvalue weighted by Gasteiger charge is -2.35. The molecule has 1 saturated heterocycles. The summed E-state index contributed by atoms with van der Waals surface area (Å²) in [5, 5.41) is 5.74. The van der Waals surface area contributed by atoms with Gasteiger partial charge in [0, 0.05) is 48.2 Å². The highest BCUT2D eigenvalue weighted by Crippen LogP contribution is 2.40. The summed E-state index contributed by atoms with van der Waals surface area (Å²) in [4.78, 5) is 4.71. The van der Waals surface area contributed by atoms with Gasteiger partial charge in [0.15, 0.2) is 0 Å². The van der Waals surface area contributed by atoms with Crippen molar-refractivity contribution >= 4 is 26.9 Å². The van der Waals surface area contributed by atoms with Gasteiger partial charge < -0.3 is 9.47 Å². The van der Waals surface area contributed by atoms with E-state index in [1.165, 1.54) is 0 Å². The monoisotopic (exact) mass is 418 g/mol. The Bertz CT molecular complexity index is 577. The standard InChI is InChI=1S/C17H27BrN2O3S/c1-17(2,24(19)21)9-15(12-4-6-23-7-5-12)16-13(11-22-3)8-14(18)10-20-16/h8,10,12,15H,4-7,9,11,19H2,1-3H3/t15-,24?/m0/s1. The second-order valence-electron chi connectivity index (χ2n) is 6.95. The van der Waals surface area contributed by atoms with Crippen LogP contribution < -0.4 is 5.14 Å². The lowest BCUT2D eigenvalue weighted by Crippen LogP contribution is -2.36. The first kappa shape index (κ1) is 20.0. The van der Waals surface area contributed by atoms with Crippen molar-refractivity contribution in [2.24, 2.45) is 11.1 Å². The van der Waals surface area contributed by atoms with Gasteiger partial charge in [0.05, 0.1) is 22.3 Å². The average molecular weight is 419 g/mol. The van der Waals surface area contributed by atoms with E-state index >= 15 is 0 Å². The minimum absolute atomic E-state index is 0.189. The molecule has 2 N–H and O–H groups in total. The molecule has 0 saturated carbocycles. The fraction of sp³-hybridized carbons (Fsp3) is 0.706. The van der Waals surface area contributed by atoms with Crippen molar-refractivity contribution in [3.8, 4) is 0 Å². The van der Waals surface area contributed by atoms with E-state index in [9.17, 15) is 4.21 Å². The van der Waals surface area contributed by atoms with E-state index in [-0.39, 0.29) is 5.92 Å². The molecule has 1 aliphatic rings. The maximum atomic E-state index is 12.0. The second-order valence-corrected chi connectivity index (χ2v) is 9.56. The number of hydrogen-bond donors (Lipinski definition) is 1. The number of nitrogens with zero attached hydrogens (tertiary/aromatic N) is 1. The topological polar surface area (TPSA) is 74.4 Å². The molecule has 5 nitrogen and oxygen atoms in total. The Labute approximate surface area is 155 Å². The molecular weight excluding hydrogens is 392 g/mol. The first-order chi connectivity index (χ1) is 11.3. The van der Waals surface area contributed by atoms with E-state index in [0.29, 0.717) is 12.5 Å². The average Bonchev–Trinajstić information content (AvgIpc) is 2.54. The third-order valence-electron chi connectivity index (χ3n) is 4.71. The summed E-state index contributed by atoms with van der Waals surface area (Å²) in [6.45, 7) is 5.97. The zero-order chi connectivity index (χ0) is 17.7. The number of rotatable bonds is 7. The Morgan fingerprint density at radius 2 is 2.17 bits per heavy atom. The molecule has 1 aliphatic heterocycles. The Morgan fingerprint density at radius 3 is 2.75 bits per heavy atom. The smallest absolute Gasteiger partial charge is 0.0945 e. The number of nitrogens with two attached hydrogens (primary N) is 1. The van der Waals surface area contributed by atoms with Gasteiger partial charge in [0.2, 0.25) is 0 Å². The molecular formula is C17H27BrN2O3S. The highest BCUT2D eigenvalue weighted by atomic mass is 79.9. The van der Waals surface area contributed by atoms with Gasteiger partial charge in [0.25, 0.3) is 0 Å². The predicted octanol–water partition coefficient (Wildman–Crippen LogP) is 3.29. The molecule has 0 aromatic carbocycles. The Morgan fingerprint density at radius 1 is 1.50 bits per heavy atom. The van der Waals surface area contributed by atoms with Crippen LogP contribution in [0.3, 0.4) is 0 Å². The molecule has 0 bridgehead atoms. The van der Waals surface area contributed by atoms with Gasteiger partial charge in [-0.05, 0) is 61.0 Å². The van der Waals surface area contributed by atoms with Crippen LogP contribution in [0.1, 0.15) is 50.3 Å². The molecule has 2 rings (SSSR count). The van der Waals surface area contributed by atoms with Gasteiger partial charge in [-0.1, -0.05) is 0 Å². The molecule has 7 heteroatoms. The molecule has 2 heterocycles. The van der Waals surface area contributed by atoms with Gasteiger partial charge in [-0.25, -0.2) is 4.21 Å². The number of halogens is 1. The van der Waals surface area contributed by atoms with E-state index in [1.807, 2.05) is 20.0 Å². The van der Waals surface area contributed by atoms with Gasteiger partial charge >= 0.3 is 0 Å². The first-order valence-corrected chi connectivity index (χ1v) is 10.2. The summed E-state index contributed by atoms with van der Waals surface area (Å²) in [7, 11) is 0.299. The Kier molecular flexibility index (Phi) is 7.37. The van der Waals surface area contributed by atoms with Crippen molar-refractivity contribution in [2.75, 3.05) is 20.3 Å². The summed E-state index contributed by atoms with van der Waals surface area (Å²) in [6, 6.07) is 2.06. The molecule has 1 unspecified atom stereocenters. The van der Waals surface area contributed by atoms with Crippen molar-refractivity contribution in [2.45, 2.75) is 50.4 Å². The molecule has 1 fully saturated rings. The van der Waals surface area contributed by atoms with Crippen LogP contribution in [-0.2, 0) is 27.1 Å². The fourth-order valence-corrected chi connectivity index (χ4v) is 4.04. The minimum atomic E-state index is -1.39. The van der Waals surface area contributed by atoms with Crippen LogP contribution in [0, 0.1) is 5.92 Å². The zero-order valence-corrected chi connectivity index (χ0v) is 17.0. The second kappa shape index (κ2) is 8.85. The Hall–Kier alpha value is -0.340. The minimum Gasteiger partial charge on any atom is -0.381 e. The third kappa shape index (κ3) is 5.08. The maximum Gasteiger partial charge on any atom is 0.0945 e. The number of aromatic nitrogens is 1. The van der Waals surface area contributed by atoms with Gasteiger partial charge in [-0.15, -0.1) is 0 Å². The highest BCUT2D eigenvalue weighted by Gasteiger charge is 2.35. The summed E-state index contributed by atoms with van der Waals surface area (Å²) >= 11 is 3.49. The summed E-state index contributed by atoms with van der Waals surface area (Å²) in [6.07, 6.45) is 4.53. The van der Waals surface area contributed by atoms with Crippen molar-refractivity contribution < 1.29 is 13.7 Å². The normalized spacial score (nSPS) is 19.2. The molecule has 24 heavy (non-hydrogen) atoms. The Balaban J connectivity index is 2.39. The largest absolute Gasteiger partial charge is 0.381 e. The van der Waals surface area contributed by atoms with E-state index in [2.05, 4.69) is 22.0 Å². The van der Waals surface area contributed by atoms with Gasteiger partial charge in [-0.2, -0.15) is 0 Å². The van der Waals surface area contributed by atoms with E-state index in [1.54, 1.807) is 7.11 Å². The predicted molar refractivity (Wildman–Crippen MR) is 100.0 cm³/mol. The third-order valence-corrected chi connectivity index (χ3v) is 6.40. The number of methoxy groups -OCH3 is 1. The number of hydrogen-bond acceptors (Lipinski definition) is 4. The molecule has 0 spiro atoms. The first-order valence-electron chi connectivity index (χ1n) is 8.22. The highest BCUT2D eigenvalue weighted by molar-refractivity contribution is 9.10. The van der Waals surface area contributed by atoms with Crippen molar-refractivity contribution in [1.82, 2.24) is 4.98 Å². The summed E-state index contributed by atoms with van der Waals surface area (Å²) < 4.78 is 23.3. The van der Waals surface area contributed by atoms with E-state index < -0.39 is 15.7 Å². The fourth-order valence-electron chi connectivity index (χ4n) is 3.31. The van der Waals surface area contributed by atoms with Crippen molar-refractivity contribution in [3.05, 3.63) is 28.0 Å². The SMILES string of the molecule is COCc1cc(Br)cnc1[C@@H](CC(C)(C)S(N)=O)C1CCOCC1. The van der Waals surface area contributed by atoms with Crippen LogP contribution in [0.25, 0.3) is 0 Å². The lowest BCUT2D eigenvalue weighted by atomic mass is 9.77. The van der Waals surface area contributed by atoms with Crippen molar-refractivity contribution in [3.63, 3.8) is 0 Å². The number of pyridine rings is 1. The van der Waals surface area contributed by atoms with Crippen LogP contribution in [0.2, 0.25) is 0 Å². The van der Waals surface area contributed by atoms with Gasteiger partial charge in [-0.3, -0.25) is 10.1 Å². The molecule has 2 atom stereocenters. The zero-order valence-electron chi connectivity index (χ0n) is 14.6. The molecule has 136 valence electrons. The van der Waals surface area contributed by atoms with Crippen LogP contribution in [0.15, 0.2) is 16.7 Å². The quantitative estimate of drug-likeness (QED) is 0.736. The van der Waals surface area contributed by atoms with E-state index in [4.69, 9.17) is 19.6 Å². The van der Waals surface area contributed by atoms with Crippen LogP contribution in [-0.4, -0.2) is 34.3 Å². The van der Waals surface area contributed by atoms with E-state index in [0.717, 1.165) is 48.2 Å². The lowest BCUT2D eigenvalue weighted by molar-refractivity contribution is 0.0549. The molecule has 0 amide bonds. The summed E-state index contributed by atoms with van der Waals surface area (Å²) in [5.41, 5.74) is 2.10. The van der Waals surface area contributed by atoms with Crippen LogP contribution >= 0.6 is 15.9 Å². The molecule has 0 radical (unpaired) electrons. The van der Waals surface area contributed by atoms with Crippen molar-refractivity contribution in [1.29, 1.82) is 0 Å².